The molecule has 0 saturated carbocycles. The van der Waals surface area contributed by atoms with E-state index in [-0.39, 0.29) is 11.4 Å². The summed E-state index contributed by atoms with van der Waals surface area (Å²) in [4.78, 5) is 20.1. The highest BCUT2D eigenvalue weighted by Gasteiger charge is 2.31. The predicted octanol–water partition coefficient (Wildman–Crippen LogP) is 5.62. The molecule has 2 aromatic carbocycles. The maximum Gasteiger partial charge on any atom is 0.264 e. The molecule has 0 aromatic heterocycles. The minimum Gasteiger partial charge on any atom is -0.497 e. The highest BCUT2D eigenvalue weighted by molar-refractivity contribution is 8.18. The Hall–Kier alpha value is -3.19. The van der Waals surface area contributed by atoms with Gasteiger partial charge in [0.2, 0.25) is 0 Å². The number of ether oxygens (including phenoxy) is 2. The summed E-state index contributed by atoms with van der Waals surface area (Å²) in [6.07, 6.45) is 4.16. The van der Waals surface area contributed by atoms with E-state index >= 15 is 0 Å². The lowest BCUT2D eigenvalue weighted by atomic mass is 9.87. The van der Waals surface area contributed by atoms with Crippen molar-refractivity contribution in [2.24, 2.45) is 4.99 Å². The van der Waals surface area contributed by atoms with Crippen molar-refractivity contribution in [2.45, 2.75) is 33.2 Å². The minimum absolute atomic E-state index is 0.0785. The number of allylic oxidation sites excluding steroid dienone is 1. The minimum atomic E-state index is -0.171. The van der Waals surface area contributed by atoms with Crippen LogP contribution in [0, 0.1) is 0 Å². The van der Waals surface area contributed by atoms with Gasteiger partial charge >= 0.3 is 0 Å². The third-order valence-electron chi connectivity index (χ3n) is 5.89. The lowest BCUT2D eigenvalue weighted by Crippen LogP contribution is -2.44. The monoisotopic (exact) mass is 463 g/mol. The molecule has 2 aliphatic heterocycles. The second-order valence-electron chi connectivity index (χ2n) is 8.52. The number of likely N-dealkylation sites (N-methyl/N-ethyl adjacent to an activating group) is 1. The predicted molar refractivity (Wildman–Crippen MR) is 138 cm³/mol. The number of fused-ring (bicyclic) bond motifs is 1. The van der Waals surface area contributed by atoms with E-state index in [1.54, 1.807) is 14.2 Å². The number of methoxy groups -OCH3 is 2. The molecule has 2 aliphatic rings. The fourth-order valence-corrected chi connectivity index (χ4v) is 5.22. The average molecular weight is 464 g/mol. The molecule has 2 heterocycles. The summed E-state index contributed by atoms with van der Waals surface area (Å²) >= 11 is 1.32. The van der Waals surface area contributed by atoms with Crippen LogP contribution in [0.2, 0.25) is 0 Å². The molecular weight excluding hydrogens is 434 g/mol. The summed E-state index contributed by atoms with van der Waals surface area (Å²) in [5, 5.41) is 3.40. The number of amides is 1. The Morgan fingerprint density at radius 3 is 2.52 bits per heavy atom. The number of hydrogen-bond donors (Lipinski definition) is 1. The van der Waals surface area contributed by atoms with Crippen molar-refractivity contribution in [2.75, 3.05) is 25.7 Å². The molecule has 7 heteroatoms. The van der Waals surface area contributed by atoms with Gasteiger partial charge in [-0.25, -0.2) is 4.99 Å². The van der Waals surface area contributed by atoms with Crippen LogP contribution in [0.4, 0.5) is 11.4 Å². The second kappa shape index (κ2) is 8.98. The highest BCUT2D eigenvalue weighted by atomic mass is 32.2. The van der Waals surface area contributed by atoms with Crippen molar-refractivity contribution < 1.29 is 14.3 Å². The Morgan fingerprint density at radius 1 is 1.15 bits per heavy atom. The Morgan fingerprint density at radius 2 is 1.88 bits per heavy atom. The van der Waals surface area contributed by atoms with Gasteiger partial charge in [0.05, 0.1) is 30.4 Å². The SMILES string of the molecule is CCN1c2cc(OC)c(/C=C3/SC(=Nc4ccc(OC)cc4)NC3=O)cc2C(C)=CC1(C)C. The van der Waals surface area contributed by atoms with E-state index in [4.69, 9.17) is 9.47 Å². The first-order chi connectivity index (χ1) is 15.7. The molecule has 1 N–H and O–H groups in total. The summed E-state index contributed by atoms with van der Waals surface area (Å²) in [6.45, 7) is 9.61. The Kier molecular flexibility index (Phi) is 6.26. The van der Waals surface area contributed by atoms with Gasteiger partial charge in [0.1, 0.15) is 11.5 Å². The molecular formula is C26H29N3O3S. The molecule has 4 rings (SSSR count). The van der Waals surface area contributed by atoms with Crippen LogP contribution in [-0.4, -0.2) is 37.4 Å². The first kappa shape index (κ1) is 23.0. The van der Waals surface area contributed by atoms with E-state index in [0.29, 0.717) is 10.1 Å². The number of amidine groups is 1. The van der Waals surface area contributed by atoms with Gasteiger partial charge in [-0.3, -0.25) is 4.79 Å². The zero-order valence-corrected chi connectivity index (χ0v) is 20.7. The summed E-state index contributed by atoms with van der Waals surface area (Å²) in [5.74, 6) is 1.33. The average Bonchev–Trinajstić information content (AvgIpc) is 3.12. The topological polar surface area (TPSA) is 63.2 Å². The largest absolute Gasteiger partial charge is 0.497 e. The van der Waals surface area contributed by atoms with Crippen molar-refractivity contribution in [3.8, 4) is 11.5 Å². The van der Waals surface area contributed by atoms with Crippen molar-refractivity contribution in [3.63, 3.8) is 0 Å². The normalized spacial score (nSPS) is 19.4. The number of carbonyl (C=O) groups excluding carboxylic acids is 1. The molecule has 0 unspecified atom stereocenters. The van der Waals surface area contributed by atoms with Crippen LogP contribution >= 0.6 is 11.8 Å². The molecule has 1 fully saturated rings. The molecule has 0 atom stereocenters. The first-order valence-corrected chi connectivity index (χ1v) is 11.7. The number of hydrogen-bond acceptors (Lipinski definition) is 6. The van der Waals surface area contributed by atoms with E-state index in [1.165, 1.54) is 17.3 Å². The lowest BCUT2D eigenvalue weighted by molar-refractivity contribution is -0.115. The smallest absolute Gasteiger partial charge is 0.264 e. The van der Waals surface area contributed by atoms with E-state index < -0.39 is 0 Å². The Bertz CT molecular complexity index is 1180. The Labute approximate surface area is 199 Å². The number of anilines is 1. The standard InChI is InChI=1S/C26H29N3O3S/c1-7-29-21-14-22(32-6)17(12-20(21)16(2)15-26(29,3)4)13-23-24(30)28-25(33-23)27-18-8-10-19(31-5)11-9-18/h8-15H,7H2,1-6H3,(H,27,28,30)/b23-13+. The van der Waals surface area contributed by atoms with Crippen molar-refractivity contribution in [1.82, 2.24) is 5.32 Å². The highest BCUT2D eigenvalue weighted by Crippen LogP contribution is 2.43. The molecule has 33 heavy (non-hydrogen) atoms. The number of carbonyl (C=O) groups is 1. The van der Waals surface area contributed by atoms with Gasteiger partial charge in [0, 0.05) is 29.4 Å². The Balaban J connectivity index is 1.68. The van der Waals surface area contributed by atoms with Crippen LogP contribution in [0.5, 0.6) is 11.5 Å². The molecule has 0 spiro atoms. The summed E-state index contributed by atoms with van der Waals surface area (Å²) < 4.78 is 10.9. The van der Waals surface area contributed by atoms with Gasteiger partial charge in [0.25, 0.3) is 5.91 Å². The van der Waals surface area contributed by atoms with E-state index in [1.807, 2.05) is 30.3 Å². The molecule has 1 amide bonds. The van der Waals surface area contributed by atoms with Gasteiger partial charge in [-0.1, -0.05) is 6.08 Å². The van der Waals surface area contributed by atoms with Gasteiger partial charge in [0.15, 0.2) is 5.17 Å². The zero-order valence-electron chi connectivity index (χ0n) is 19.9. The number of nitrogens with zero attached hydrogens (tertiary/aromatic N) is 2. The summed E-state index contributed by atoms with van der Waals surface area (Å²) in [6, 6.07) is 11.6. The number of rotatable bonds is 5. The van der Waals surface area contributed by atoms with Crippen molar-refractivity contribution in [3.05, 3.63) is 58.5 Å². The molecule has 6 nitrogen and oxygen atoms in total. The van der Waals surface area contributed by atoms with Gasteiger partial charge < -0.3 is 19.7 Å². The van der Waals surface area contributed by atoms with Gasteiger partial charge in [-0.05, 0) is 81.4 Å². The fraction of sp³-hybridized carbons (Fsp3) is 0.308. The maximum absolute atomic E-state index is 12.7. The van der Waals surface area contributed by atoms with Crippen LogP contribution < -0.4 is 19.7 Å². The molecule has 0 bridgehead atoms. The quantitative estimate of drug-likeness (QED) is 0.584. The first-order valence-electron chi connectivity index (χ1n) is 10.9. The van der Waals surface area contributed by atoms with E-state index in [0.717, 1.165) is 40.5 Å². The summed E-state index contributed by atoms with van der Waals surface area (Å²) in [7, 11) is 3.28. The van der Waals surface area contributed by atoms with Gasteiger partial charge in [-0.2, -0.15) is 0 Å². The molecule has 1 saturated heterocycles. The maximum atomic E-state index is 12.7. The van der Waals surface area contributed by atoms with E-state index in [2.05, 4.69) is 61.1 Å². The lowest BCUT2D eigenvalue weighted by Gasteiger charge is -2.43. The molecule has 172 valence electrons. The van der Waals surface area contributed by atoms with Crippen molar-refractivity contribution >= 4 is 45.9 Å². The van der Waals surface area contributed by atoms with E-state index in [9.17, 15) is 4.79 Å². The van der Waals surface area contributed by atoms with Crippen LogP contribution in [0.15, 0.2) is 52.4 Å². The van der Waals surface area contributed by atoms with Gasteiger partial charge in [-0.15, -0.1) is 0 Å². The second-order valence-corrected chi connectivity index (χ2v) is 9.55. The van der Waals surface area contributed by atoms with Crippen LogP contribution in [0.3, 0.4) is 0 Å². The third kappa shape index (κ3) is 4.50. The van der Waals surface area contributed by atoms with Crippen LogP contribution in [0.1, 0.15) is 38.8 Å². The number of benzene rings is 2. The summed E-state index contributed by atoms with van der Waals surface area (Å²) in [5.41, 5.74) is 5.04. The van der Waals surface area contributed by atoms with Crippen LogP contribution in [-0.2, 0) is 4.79 Å². The zero-order chi connectivity index (χ0) is 23.8. The van der Waals surface area contributed by atoms with Crippen molar-refractivity contribution in [1.29, 1.82) is 0 Å². The molecule has 0 radical (unpaired) electrons. The van der Waals surface area contributed by atoms with Crippen LogP contribution in [0.25, 0.3) is 11.6 Å². The number of thioether (sulfide) groups is 1. The fourth-order valence-electron chi connectivity index (χ4n) is 4.38. The molecule has 0 aliphatic carbocycles. The number of nitrogens with one attached hydrogen (secondary N) is 1. The number of aliphatic imine (C=N–C) groups is 1. The third-order valence-corrected chi connectivity index (χ3v) is 6.80. The molecule has 2 aromatic rings.